The molecule has 2 N–H and O–H groups in total. The highest BCUT2D eigenvalue weighted by atomic mass is 16.5. The molecule has 0 bridgehead atoms. The summed E-state index contributed by atoms with van der Waals surface area (Å²) in [7, 11) is 1.55. The second kappa shape index (κ2) is 6.66. The Labute approximate surface area is 170 Å². The Bertz CT molecular complexity index is 1370. The van der Waals surface area contributed by atoms with Crippen LogP contribution in [0, 0.1) is 0 Å². The van der Waals surface area contributed by atoms with Gasteiger partial charge in [-0.2, -0.15) is 0 Å². The zero-order valence-corrected chi connectivity index (χ0v) is 16.2. The van der Waals surface area contributed by atoms with E-state index < -0.39 is 11.6 Å². The molecular weight excluding hydrogens is 388 g/mol. The molecule has 0 amide bonds. The lowest BCUT2D eigenvalue weighted by Crippen LogP contribution is -2.07. The number of aliphatic carboxylic acids is 1. The average Bonchev–Trinajstić information content (AvgIpc) is 3.35. The van der Waals surface area contributed by atoms with Gasteiger partial charge in [0.05, 0.1) is 18.9 Å². The van der Waals surface area contributed by atoms with Gasteiger partial charge in [0.25, 0.3) is 0 Å². The molecule has 1 aliphatic carbocycles. The van der Waals surface area contributed by atoms with Crippen LogP contribution >= 0.6 is 0 Å². The third-order valence-corrected chi connectivity index (χ3v) is 5.66. The van der Waals surface area contributed by atoms with Crippen LogP contribution in [0.3, 0.4) is 0 Å². The molecule has 0 atom stereocenters. The van der Waals surface area contributed by atoms with Gasteiger partial charge in [0.2, 0.25) is 0 Å². The van der Waals surface area contributed by atoms with Crippen molar-refractivity contribution in [3.05, 3.63) is 57.4 Å². The molecular formula is C23H18O7. The number of rotatable bonds is 4. The van der Waals surface area contributed by atoms with Crippen LogP contribution in [-0.4, -0.2) is 23.3 Å². The van der Waals surface area contributed by atoms with E-state index >= 15 is 0 Å². The van der Waals surface area contributed by atoms with Crippen molar-refractivity contribution in [2.75, 3.05) is 7.11 Å². The number of fused-ring (bicyclic) bond motifs is 5. The Morgan fingerprint density at radius 3 is 2.53 bits per heavy atom. The predicted molar refractivity (Wildman–Crippen MR) is 109 cm³/mol. The second-order valence-electron chi connectivity index (χ2n) is 7.39. The van der Waals surface area contributed by atoms with Gasteiger partial charge in [0, 0.05) is 22.1 Å². The minimum Gasteiger partial charge on any atom is -0.504 e. The zero-order valence-electron chi connectivity index (χ0n) is 16.2. The van der Waals surface area contributed by atoms with Gasteiger partial charge in [-0.05, 0) is 55.2 Å². The molecule has 30 heavy (non-hydrogen) atoms. The van der Waals surface area contributed by atoms with E-state index in [9.17, 15) is 19.8 Å². The third kappa shape index (κ3) is 2.66. The normalized spacial score (nSPS) is 13.1. The van der Waals surface area contributed by atoms with Crippen LogP contribution in [0.1, 0.15) is 23.1 Å². The first-order chi connectivity index (χ1) is 14.5. The average molecular weight is 406 g/mol. The van der Waals surface area contributed by atoms with E-state index in [2.05, 4.69) is 0 Å². The number of furan rings is 1. The molecule has 0 aliphatic heterocycles. The Hall–Kier alpha value is -3.74. The number of carboxylic acids is 1. The van der Waals surface area contributed by atoms with Crippen LogP contribution in [0.2, 0.25) is 0 Å². The number of carbonyl (C=O) groups is 1. The van der Waals surface area contributed by atoms with Gasteiger partial charge in [-0.15, -0.1) is 0 Å². The molecule has 7 heteroatoms. The highest BCUT2D eigenvalue weighted by molar-refractivity contribution is 6.10. The van der Waals surface area contributed by atoms with Crippen molar-refractivity contribution in [1.82, 2.24) is 0 Å². The summed E-state index contributed by atoms with van der Waals surface area (Å²) in [5, 5.41) is 21.2. The summed E-state index contributed by atoms with van der Waals surface area (Å²) in [5.74, 6) is -0.232. The third-order valence-electron chi connectivity index (χ3n) is 5.66. The molecule has 2 aromatic carbocycles. The lowest BCUT2D eigenvalue weighted by molar-refractivity contribution is -0.136. The van der Waals surface area contributed by atoms with Gasteiger partial charge >= 0.3 is 11.6 Å². The number of phenolic OH excluding ortho intramolecular Hbond substituents is 1. The van der Waals surface area contributed by atoms with Crippen LogP contribution in [0.15, 0.2) is 44.0 Å². The minimum atomic E-state index is -1.06. The summed E-state index contributed by atoms with van der Waals surface area (Å²) in [6.07, 6.45) is 1.83. The molecule has 0 fully saturated rings. The van der Waals surface area contributed by atoms with Crippen molar-refractivity contribution in [1.29, 1.82) is 0 Å². The number of hydrogen-bond donors (Lipinski definition) is 2. The van der Waals surface area contributed by atoms with E-state index in [1.54, 1.807) is 31.4 Å². The minimum absolute atomic E-state index is 0.102. The molecule has 0 spiro atoms. The van der Waals surface area contributed by atoms with Crippen molar-refractivity contribution < 1.29 is 28.6 Å². The van der Waals surface area contributed by atoms with Crippen molar-refractivity contribution >= 4 is 27.9 Å². The molecule has 4 aromatic rings. The van der Waals surface area contributed by atoms with Gasteiger partial charge in [-0.25, -0.2) is 4.79 Å². The maximum atomic E-state index is 12.5. The SMILES string of the molecule is COc1ccc(-c2oc3c(O)cc4c5c(c(=O)oc4c3c2CC(=O)O)CCC5)cc1. The van der Waals surface area contributed by atoms with E-state index in [0.717, 1.165) is 12.0 Å². The summed E-state index contributed by atoms with van der Waals surface area (Å²) >= 11 is 0. The number of carboxylic acid groups (broad SMARTS) is 1. The summed E-state index contributed by atoms with van der Waals surface area (Å²) < 4.78 is 16.8. The van der Waals surface area contributed by atoms with E-state index in [4.69, 9.17) is 13.6 Å². The fraction of sp³-hybridized carbons (Fsp3) is 0.217. The molecule has 2 heterocycles. The quantitative estimate of drug-likeness (QED) is 0.492. The molecule has 2 aromatic heterocycles. The van der Waals surface area contributed by atoms with E-state index in [1.165, 1.54) is 6.07 Å². The van der Waals surface area contributed by atoms with Crippen LogP contribution in [0.25, 0.3) is 33.3 Å². The maximum Gasteiger partial charge on any atom is 0.339 e. The predicted octanol–water partition coefficient (Wildman–Crippen LogP) is 4.04. The first kappa shape index (κ1) is 18.3. The number of phenols is 1. The smallest absolute Gasteiger partial charge is 0.339 e. The van der Waals surface area contributed by atoms with Gasteiger partial charge < -0.3 is 23.8 Å². The second-order valence-corrected chi connectivity index (χ2v) is 7.39. The van der Waals surface area contributed by atoms with E-state index in [-0.39, 0.29) is 23.3 Å². The molecule has 152 valence electrons. The topological polar surface area (TPSA) is 110 Å². The Morgan fingerprint density at radius 1 is 1.10 bits per heavy atom. The van der Waals surface area contributed by atoms with Crippen LogP contribution in [0.4, 0.5) is 0 Å². The molecule has 0 radical (unpaired) electrons. The van der Waals surface area contributed by atoms with Gasteiger partial charge in [0.15, 0.2) is 11.3 Å². The molecule has 1 aliphatic rings. The molecule has 7 nitrogen and oxygen atoms in total. The Balaban J connectivity index is 1.89. The molecule has 0 saturated carbocycles. The monoisotopic (exact) mass is 406 g/mol. The van der Waals surface area contributed by atoms with Gasteiger partial charge in [-0.1, -0.05) is 0 Å². The first-order valence-corrected chi connectivity index (χ1v) is 9.60. The van der Waals surface area contributed by atoms with E-state index in [0.29, 0.717) is 51.8 Å². The van der Waals surface area contributed by atoms with Gasteiger partial charge in [0.1, 0.15) is 17.1 Å². The fourth-order valence-corrected chi connectivity index (χ4v) is 4.33. The Morgan fingerprint density at radius 2 is 1.83 bits per heavy atom. The standard InChI is InChI=1S/C23H18O7/c1-28-12-7-5-11(6-8-12)20-16(10-18(25)26)19-21-15(9-17(24)22(19)29-20)13-3-2-4-14(13)23(27)30-21/h5-9,24H,2-4,10H2,1H3,(H,25,26). The highest BCUT2D eigenvalue weighted by Gasteiger charge is 2.27. The first-order valence-electron chi connectivity index (χ1n) is 9.60. The largest absolute Gasteiger partial charge is 0.504 e. The van der Waals surface area contributed by atoms with Crippen molar-refractivity contribution in [3.63, 3.8) is 0 Å². The highest BCUT2D eigenvalue weighted by Crippen LogP contribution is 2.44. The summed E-state index contributed by atoms with van der Waals surface area (Å²) in [4.78, 5) is 24.2. The summed E-state index contributed by atoms with van der Waals surface area (Å²) in [6.45, 7) is 0. The summed E-state index contributed by atoms with van der Waals surface area (Å²) in [6, 6.07) is 8.50. The maximum absolute atomic E-state index is 12.5. The van der Waals surface area contributed by atoms with Crippen LogP contribution in [0.5, 0.6) is 11.5 Å². The molecule has 5 rings (SSSR count). The van der Waals surface area contributed by atoms with Crippen LogP contribution < -0.4 is 10.4 Å². The van der Waals surface area contributed by atoms with Crippen molar-refractivity contribution in [2.45, 2.75) is 25.7 Å². The van der Waals surface area contributed by atoms with E-state index in [1.807, 2.05) is 0 Å². The van der Waals surface area contributed by atoms with Gasteiger partial charge in [-0.3, -0.25) is 4.79 Å². The molecule has 0 unspecified atom stereocenters. The number of methoxy groups -OCH3 is 1. The lowest BCUT2D eigenvalue weighted by Gasteiger charge is -2.07. The number of aryl methyl sites for hydroxylation is 1. The Kier molecular flexibility index (Phi) is 4.06. The van der Waals surface area contributed by atoms with Crippen molar-refractivity contribution in [3.8, 4) is 22.8 Å². The zero-order chi connectivity index (χ0) is 21.0. The number of aromatic hydroxyl groups is 1. The fourth-order valence-electron chi connectivity index (χ4n) is 4.33. The number of benzene rings is 2. The van der Waals surface area contributed by atoms with Crippen molar-refractivity contribution in [2.24, 2.45) is 0 Å². The summed E-state index contributed by atoms with van der Waals surface area (Å²) in [5.41, 5.74) is 2.39. The number of hydrogen-bond acceptors (Lipinski definition) is 6. The molecule has 0 saturated heterocycles. The lowest BCUT2D eigenvalue weighted by atomic mass is 9.99. The number of ether oxygens (including phenoxy) is 1. The van der Waals surface area contributed by atoms with Crippen LogP contribution in [-0.2, 0) is 24.1 Å².